The van der Waals surface area contributed by atoms with Gasteiger partial charge in [0.1, 0.15) is 5.82 Å². The lowest BCUT2D eigenvalue weighted by Crippen LogP contribution is -2.32. The van der Waals surface area contributed by atoms with Crippen LogP contribution < -0.4 is 10.1 Å². The van der Waals surface area contributed by atoms with Gasteiger partial charge >= 0.3 is 5.97 Å². The summed E-state index contributed by atoms with van der Waals surface area (Å²) in [5.41, 5.74) is 1.76. The van der Waals surface area contributed by atoms with E-state index in [0.29, 0.717) is 41.3 Å². The molecule has 0 bridgehead atoms. The average molecular weight is 548 g/mol. The summed E-state index contributed by atoms with van der Waals surface area (Å²) in [4.78, 5) is 28.4. The number of benzene rings is 2. The molecule has 1 atom stereocenters. The number of hydrogen-bond acceptors (Lipinski definition) is 5. The second-order valence-electron chi connectivity index (χ2n) is 9.09. The molecule has 0 aliphatic heterocycles. The molecule has 0 unspecified atom stereocenters. The molecule has 0 saturated heterocycles. The number of imidazole rings is 1. The Hall–Kier alpha value is -3.04. The Bertz CT molecular complexity index is 1260. The van der Waals surface area contributed by atoms with Crippen molar-refractivity contribution in [1.29, 1.82) is 0 Å². The summed E-state index contributed by atoms with van der Waals surface area (Å²) >= 11 is 10.8. The van der Waals surface area contributed by atoms with Crippen LogP contribution in [0.1, 0.15) is 55.2 Å². The van der Waals surface area contributed by atoms with Crippen LogP contribution in [-0.4, -0.2) is 38.4 Å². The van der Waals surface area contributed by atoms with Gasteiger partial charge in [0.2, 0.25) is 5.91 Å². The molecule has 37 heavy (non-hydrogen) atoms. The molecule has 2 N–H and O–H groups in total. The number of carboxylic acids is 1. The predicted octanol–water partition coefficient (Wildman–Crippen LogP) is 5.84. The molecule has 1 amide bonds. The van der Waals surface area contributed by atoms with Crippen molar-refractivity contribution in [3.05, 3.63) is 70.3 Å². The second kappa shape index (κ2) is 13.0. The molecule has 3 aromatic rings. The van der Waals surface area contributed by atoms with Gasteiger partial charge in [0, 0.05) is 5.56 Å². The molecular weight excluding hydrogens is 517 g/mol. The number of halogens is 2. The topological polar surface area (TPSA) is 93.5 Å². The fourth-order valence-electron chi connectivity index (χ4n) is 3.85. The highest BCUT2D eigenvalue weighted by atomic mass is 35.5. The molecule has 0 aliphatic rings. The van der Waals surface area contributed by atoms with Crippen molar-refractivity contribution in [3.8, 4) is 17.1 Å². The highest BCUT2D eigenvalue weighted by molar-refractivity contribution is 7.81. The third-order valence-electron chi connectivity index (χ3n) is 5.70. The lowest BCUT2D eigenvalue weighted by Gasteiger charge is -2.16. The van der Waals surface area contributed by atoms with E-state index in [1.54, 1.807) is 34.9 Å². The van der Waals surface area contributed by atoms with E-state index in [2.05, 4.69) is 22.9 Å². The molecule has 0 fully saturated rings. The summed E-state index contributed by atoms with van der Waals surface area (Å²) < 4.78 is 22.7. The van der Waals surface area contributed by atoms with Crippen LogP contribution in [-0.2, 0) is 17.9 Å². The van der Waals surface area contributed by atoms with Crippen LogP contribution in [0, 0.1) is 11.7 Å². The van der Waals surface area contributed by atoms with Crippen molar-refractivity contribution in [2.45, 2.75) is 52.0 Å². The maximum absolute atomic E-state index is 15.3. The van der Waals surface area contributed by atoms with Crippen LogP contribution in [0.3, 0.4) is 0 Å². The molecule has 0 radical (unpaired) electrons. The standard InChI is InChI=1S/C27H31ClFN3O4S/c1-4-11-36-27-31-24(28)22(14-30-25(33)23(37)12-16(2)3)32(27)15-18-10-9-17(13-21(18)29)19-7-5-6-8-20(19)26(34)35/h5-10,13,16,23,37H,4,11-12,14-15H2,1-3H3,(H,30,33)(H,34,35)/t23-/m0/s1. The normalized spacial score (nSPS) is 12.0. The molecule has 2 aromatic carbocycles. The van der Waals surface area contributed by atoms with E-state index in [4.69, 9.17) is 16.3 Å². The molecule has 1 heterocycles. The van der Waals surface area contributed by atoms with Crippen molar-refractivity contribution < 1.29 is 23.8 Å². The summed E-state index contributed by atoms with van der Waals surface area (Å²) in [6, 6.07) is 11.2. The number of carbonyl (C=O) groups excluding carboxylic acids is 1. The van der Waals surface area contributed by atoms with Gasteiger partial charge < -0.3 is 15.2 Å². The second-order valence-corrected chi connectivity index (χ2v) is 10.1. The van der Waals surface area contributed by atoms with Crippen molar-refractivity contribution in [2.24, 2.45) is 5.92 Å². The van der Waals surface area contributed by atoms with Gasteiger partial charge in [-0.15, -0.1) is 0 Å². The van der Waals surface area contributed by atoms with Gasteiger partial charge in [-0.2, -0.15) is 17.6 Å². The summed E-state index contributed by atoms with van der Waals surface area (Å²) in [6.45, 7) is 6.48. The zero-order valence-corrected chi connectivity index (χ0v) is 22.7. The molecule has 7 nitrogen and oxygen atoms in total. The molecule has 10 heteroatoms. The van der Waals surface area contributed by atoms with Crippen LogP contribution in [0.5, 0.6) is 6.01 Å². The largest absolute Gasteiger partial charge is 0.478 e. The van der Waals surface area contributed by atoms with Gasteiger partial charge in [0.15, 0.2) is 5.15 Å². The molecule has 198 valence electrons. The molecule has 1 aromatic heterocycles. The summed E-state index contributed by atoms with van der Waals surface area (Å²) in [5.74, 6) is -1.53. The quantitative estimate of drug-likeness (QED) is 0.248. The zero-order chi connectivity index (χ0) is 27.1. The first-order valence-corrected chi connectivity index (χ1v) is 13.0. The van der Waals surface area contributed by atoms with Crippen molar-refractivity contribution >= 4 is 36.1 Å². The predicted molar refractivity (Wildman–Crippen MR) is 145 cm³/mol. The number of hydrogen-bond donors (Lipinski definition) is 3. The lowest BCUT2D eigenvalue weighted by molar-refractivity contribution is -0.121. The monoisotopic (exact) mass is 547 g/mol. The number of thiol groups is 1. The summed E-state index contributed by atoms with van der Waals surface area (Å²) in [6.07, 6.45) is 1.36. The minimum atomic E-state index is -1.09. The maximum Gasteiger partial charge on any atom is 0.336 e. The highest BCUT2D eigenvalue weighted by Crippen LogP contribution is 2.29. The molecule has 0 spiro atoms. The van der Waals surface area contributed by atoms with E-state index in [1.807, 2.05) is 20.8 Å². The van der Waals surface area contributed by atoms with Gasteiger partial charge in [-0.05, 0) is 42.0 Å². The van der Waals surface area contributed by atoms with Crippen molar-refractivity contribution in [3.63, 3.8) is 0 Å². The number of aromatic nitrogens is 2. The smallest absolute Gasteiger partial charge is 0.336 e. The number of carboxylic acid groups (broad SMARTS) is 1. The molecule has 0 aliphatic carbocycles. The lowest BCUT2D eigenvalue weighted by atomic mass is 9.98. The van der Waals surface area contributed by atoms with E-state index >= 15 is 4.39 Å². The fourth-order valence-corrected chi connectivity index (χ4v) is 4.60. The maximum atomic E-state index is 15.3. The van der Waals surface area contributed by atoms with Crippen molar-refractivity contribution in [1.82, 2.24) is 14.9 Å². The number of ether oxygens (including phenoxy) is 1. The third kappa shape index (κ3) is 7.26. The number of nitrogens with zero attached hydrogens (tertiary/aromatic N) is 2. The summed E-state index contributed by atoms with van der Waals surface area (Å²) in [5, 5.41) is 12.0. The van der Waals surface area contributed by atoms with E-state index in [-0.39, 0.29) is 35.7 Å². The van der Waals surface area contributed by atoms with E-state index < -0.39 is 17.0 Å². The van der Waals surface area contributed by atoms with Gasteiger partial charge in [-0.25, -0.2) is 9.18 Å². The zero-order valence-electron chi connectivity index (χ0n) is 21.0. The van der Waals surface area contributed by atoms with Crippen LogP contribution in [0.25, 0.3) is 11.1 Å². The molecular formula is C27H31ClFN3O4S. The minimum absolute atomic E-state index is 0.0486. The Morgan fingerprint density at radius 1 is 1.24 bits per heavy atom. The Labute approximate surface area is 226 Å². The SMILES string of the molecule is CCCOc1nc(Cl)c(CNC(=O)[C@@H](S)CC(C)C)n1Cc1ccc(-c2ccccc2C(=O)O)cc1F. The van der Waals surface area contributed by atoms with Crippen LogP contribution in [0.4, 0.5) is 4.39 Å². The number of amides is 1. The fraction of sp³-hybridized carbons (Fsp3) is 0.370. The summed E-state index contributed by atoms with van der Waals surface area (Å²) in [7, 11) is 0. The number of rotatable bonds is 12. The van der Waals surface area contributed by atoms with Crippen LogP contribution >= 0.6 is 24.2 Å². The van der Waals surface area contributed by atoms with Gasteiger partial charge in [0.25, 0.3) is 6.01 Å². The first-order chi connectivity index (χ1) is 17.6. The van der Waals surface area contributed by atoms with Crippen LogP contribution in [0.2, 0.25) is 5.15 Å². The van der Waals surface area contributed by atoms with Gasteiger partial charge in [0.05, 0.1) is 36.2 Å². The Kier molecular flexibility index (Phi) is 10.00. The first-order valence-electron chi connectivity index (χ1n) is 12.1. The first kappa shape index (κ1) is 28.5. The van der Waals surface area contributed by atoms with Crippen LogP contribution in [0.15, 0.2) is 42.5 Å². The minimum Gasteiger partial charge on any atom is -0.478 e. The number of aromatic carboxylic acids is 1. The Morgan fingerprint density at radius 3 is 2.62 bits per heavy atom. The Balaban J connectivity index is 1.90. The highest BCUT2D eigenvalue weighted by Gasteiger charge is 2.22. The Morgan fingerprint density at radius 2 is 1.97 bits per heavy atom. The number of nitrogens with one attached hydrogen (secondary N) is 1. The average Bonchev–Trinajstić information content (AvgIpc) is 3.15. The van der Waals surface area contributed by atoms with Crippen molar-refractivity contribution in [2.75, 3.05) is 6.61 Å². The van der Waals surface area contributed by atoms with Gasteiger partial charge in [-0.3, -0.25) is 9.36 Å². The third-order valence-corrected chi connectivity index (χ3v) is 6.45. The number of carbonyl (C=O) groups is 2. The molecule has 3 rings (SSSR count). The molecule has 0 saturated carbocycles. The van der Waals surface area contributed by atoms with Gasteiger partial charge in [-0.1, -0.05) is 62.7 Å². The van der Waals surface area contributed by atoms with E-state index in [9.17, 15) is 14.7 Å². The van der Waals surface area contributed by atoms with E-state index in [0.717, 1.165) is 6.42 Å². The van der Waals surface area contributed by atoms with E-state index in [1.165, 1.54) is 12.1 Å².